The zero-order valence-corrected chi connectivity index (χ0v) is 17.6. The molecule has 0 aliphatic carbocycles. The van der Waals surface area contributed by atoms with Gasteiger partial charge in [0.15, 0.2) is 0 Å². The van der Waals surface area contributed by atoms with E-state index in [1.807, 2.05) is 33.8 Å². The van der Waals surface area contributed by atoms with Crippen LogP contribution in [0.15, 0.2) is 12.2 Å². The van der Waals surface area contributed by atoms with Crippen LogP contribution in [0.5, 0.6) is 0 Å². The molecule has 0 saturated carbocycles. The molecule has 1 aliphatic heterocycles. The Bertz CT molecular complexity index is 512. The molecule has 1 saturated heterocycles. The predicted octanol–water partition coefficient (Wildman–Crippen LogP) is 4.20. The Kier molecular flexibility index (Phi) is 8.68. The smallest absolute Gasteiger partial charge is 0.141 e. The van der Waals surface area contributed by atoms with Gasteiger partial charge in [-0.2, -0.15) is 0 Å². The number of carbonyl (C=O) groups is 2. The summed E-state index contributed by atoms with van der Waals surface area (Å²) in [5, 5.41) is 9.83. The maximum atomic E-state index is 13.2. The van der Waals surface area contributed by atoms with Crippen molar-refractivity contribution < 1.29 is 19.4 Å². The molecule has 0 aromatic rings. The lowest BCUT2D eigenvalue weighted by atomic mass is 9.71. The summed E-state index contributed by atoms with van der Waals surface area (Å²) < 4.78 is 6.05. The van der Waals surface area contributed by atoms with Gasteiger partial charge >= 0.3 is 0 Å². The van der Waals surface area contributed by atoms with Crippen LogP contribution < -0.4 is 0 Å². The van der Waals surface area contributed by atoms with Crippen LogP contribution in [0.4, 0.5) is 0 Å². The molecule has 0 radical (unpaired) electrons. The van der Waals surface area contributed by atoms with E-state index in [1.165, 1.54) is 0 Å². The first-order valence-corrected chi connectivity index (χ1v) is 10.1. The first-order valence-electron chi connectivity index (χ1n) is 10.1. The fraction of sp³-hybridized carbons (Fsp3) is 0.818. The lowest BCUT2D eigenvalue weighted by molar-refractivity contribution is -0.133. The van der Waals surface area contributed by atoms with Gasteiger partial charge < -0.3 is 9.84 Å². The lowest BCUT2D eigenvalue weighted by Crippen LogP contribution is -2.39. The Balaban J connectivity index is 2.88. The summed E-state index contributed by atoms with van der Waals surface area (Å²) in [5.41, 5.74) is -0.308. The van der Waals surface area contributed by atoms with E-state index >= 15 is 0 Å². The van der Waals surface area contributed by atoms with Crippen molar-refractivity contribution in [2.45, 2.75) is 79.4 Å². The second-order valence-electron chi connectivity index (χ2n) is 8.18. The van der Waals surface area contributed by atoms with Crippen molar-refractivity contribution in [1.29, 1.82) is 0 Å². The van der Waals surface area contributed by atoms with Gasteiger partial charge in [-0.3, -0.25) is 9.59 Å². The molecule has 0 spiro atoms. The van der Waals surface area contributed by atoms with Crippen molar-refractivity contribution in [3.05, 3.63) is 12.2 Å². The Morgan fingerprint density at radius 2 is 1.81 bits per heavy atom. The quantitative estimate of drug-likeness (QED) is 0.415. The summed E-state index contributed by atoms with van der Waals surface area (Å²) in [6, 6.07) is 0. The largest absolute Gasteiger partial charge is 0.396 e. The van der Waals surface area contributed by atoms with E-state index in [2.05, 4.69) is 26.8 Å². The molecule has 150 valence electrons. The van der Waals surface area contributed by atoms with E-state index in [0.717, 1.165) is 0 Å². The molecule has 4 heteroatoms. The highest BCUT2D eigenvalue weighted by atomic mass is 16.6. The van der Waals surface area contributed by atoms with Crippen LogP contribution in [0, 0.1) is 29.6 Å². The van der Waals surface area contributed by atoms with Crippen molar-refractivity contribution in [1.82, 2.24) is 0 Å². The molecule has 7 atom stereocenters. The number of allylic oxidation sites excluding steroid dienone is 1. The zero-order chi connectivity index (χ0) is 20.1. The number of Topliss-reactive ketones (excluding diaryl/α,β-unsaturated/α-hetero) is 2. The normalized spacial score (nSPS) is 28.4. The van der Waals surface area contributed by atoms with Crippen LogP contribution in [0.3, 0.4) is 0 Å². The van der Waals surface area contributed by atoms with Crippen molar-refractivity contribution >= 4 is 11.6 Å². The molecule has 4 nitrogen and oxygen atoms in total. The van der Waals surface area contributed by atoms with Gasteiger partial charge in [-0.05, 0) is 32.1 Å². The summed E-state index contributed by atoms with van der Waals surface area (Å²) in [6.07, 6.45) is 5.85. The Labute approximate surface area is 159 Å². The predicted molar refractivity (Wildman–Crippen MR) is 105 cm³/mol. The van der Waals surface area contributed by atoms with Crippen LogP contribution in [0.25, 0.3) is 0 Å². The van der Waals surface area contributed by atoms with Crippen LogP contribution in [0.2, 0.25) is 0 Å². The average Bonchev–Trinajstić information content (AvgIpc) is 3.29. The third-order valence-electron chi connectivity index (χ3n) is 6.37. The number of ether oxygens (including phenoxy) is 1. The summed E-state index contributed by atoms with van der Waals surface area (Å²) in [6.45, 7) is 13.9. The minimum absolute atomic E-state index is 0.0702. The van der Waals surface area contributed by atoms with Gasteiger partial charge in [0.2, 0.25) is 0 Å². The van der Waals surface area contributed by atoms with E-state index in [4.69, 9.17) is 4.74 Å². The van der Waals surface area contributed by atoms with E-state index in [0.29, 0.717) is 25.2 Å². The van der Waals surface area contributed by atoms with Crippen molar-refractivity contribution in [2.75, 3.05) is 6.61 Å². The third-order valence-corrected chi connectivity index (χ3v) is 6.37. The molecule has 0 unspecified atom stereocenters. The summed E-state index contributed by atoms with van der Waals surface area (Å²) >= 11 is 0. The zero-order valence-electron chi connectivity index (χ0n) is 17.6. The number of rotatable bonds is 12. The minimum Gasteiger partial charge on any atom is -0.396 e. The average molecular weight is 367 g/mol. The monoisotopic (exact) mass is 366 g/mol. The van der Waals surface area contributed by atoms with Gasteiger partial charge in [-0.15, -0.1) is 0 Å². The minimum atomic E-state index is -0.480. The van der Waals surface area contributed by atoms with Crippen LogP contribution in [-0.2, 0) is 14.3 Å². The molecule has 1 rings (SSSR count). The van der Waals surface area contributed by atoms with Crippen molar-refractivity contribution in [2.24, 2.45) is 29.6 Å². The van der Waals surface area contributed by atoms with Crippen LogP contribution in [-0.4, -0.2) is 35.0 Å². The Morgan fingerprint density at radius 3 is 2.27 bits per heavy atom. The molecule has 0 amide bonds. The summed E-state index contributed by atoms with van der Waals surface area (Å²) in [4.78, 5) is 25.0. The topological polar surface area (TPSA) is 66.9 Å². The van der Waals surface area contributed by atoms with Crippen LogP contribution in [0.1, 0.15) is 67.7 Å². The number of carbonyl (C=O) groups excluding carboxylic acids is 2. The first-order chi connectivity index (χ1) is 12.2. The Hall–Kier alpha value is -1.00. The molecule has 0 aromatic carbocycles. The molecule has 26 heavy (non-hydrogen) atoms. The van der Waals surface area contributed by atoms with Gasteiger partial charge in [0, 0.05) is 30.6 Å². The molecule has 0 aromatic heterocycles. The van der Waals surface area contributed by atoms with Gasteiger partial charge in [-0.25, -0.2) is 0 Å². The van der Waals surface area contributed by atoms with E-state index < -0.39 is 5.92 Å². The van der Waals surface area contributed by atoms with E-state index in [-0.39, 0.29) is 47.6 Å². The van der Waals surface area contributed by atoms with Crippen molar-refractivity contribution in [3.63, 3.8) is 0 Å². The lowest BCUT2D eigenvalue weighted by Gasteiger charge is -2.31. The summed E-state index contributed by atoms with van der Waals surface area (Å²) in [7, 11) is 0. The highest BCUT2D eigenvalue weighted by molar-refractivity contribution is 5.85. The van der Waals surface area contributed by atoms with Gasteiger partial charge in [-0.1, -0.05) is 46.8 Å². The highest BCUT2D eigenvalue weighted by Gasteiger charge is 2.59. The van der Waals surface area contributed by atoms with Crippen molar-refractivity contribution in [3.8, 4) is 0 Å². The van der Waals surface area contributed by atoms with Gasteiger partial charge in [0.25, 0.3) is 0 Å². The number of hydrogen-bond donors (Lipinski definition) is 1. The molecular formula is C22H38O4. The Morgan fingerprint density at radius 1 is 1.19 bits per heavy atom. The molecule has 1 fully saturated rings. The number of hydrogen-bond acceptors (Lipinski definition) is 4. The van der Waals surface area contributed by atoms with Gasteiger partial charge in [0.1, 0.15) is 11.6 Å². The van der Waals surface area contributed by atoms with E-state index in [9.17, 15) is 14.7 Å². The molecule has 1 aliphatic rings. The fourth-order valence-corrected chi connectivity index (χ4v) is 4.31. The number of aliphatic hydroxyl groups is 1. The number of aliphatic hydroxyl groups excluding tert-OH is 1. The first kappa shape index (κ1) is 23.0. The second-order valence-corrected chi connectivity index (χ2v) is 8.18. The maximum Gasteiger partial charge on any atom is 0.141 e. The standard InChI is InChI=1S/C22H38O4/c1-8-11-14(4)21-22(7,26-21)16(6)18(10-3)20(25)19(13-23)15(5)12-17(24)9-2/h8,11,14-16,18-19,21,23H,9-10,12-13H2,1-7H3/b11-8-/t14-,15-,16-,18+,19-,21+,22-/m0/s1. The molecule has 1 N–H and O–H groups in total. The van der Waals surface area contributed by atoms with Crippen LogP contribution >= 0.6 is 0 Å². The van der Waals surface area contributed by atoms with Gasteiger partial charge in [0.05, 0.1) is 18.3 Å². The second kappa shape index (κ2) is 9.80. The SMILES string of the molecule is C/C=C\[C@H](C)[C@H]1O[C@@]1(C)[C@@H](C)[C@@H](CC)C(=O)[C@@H](CO)[C@@H](C)CC(=O)CC. The number of ketones is 2. The fourth-order valence-electron chi connectivity index (χ4n) is 4.31. The molecule has 1 heterocycles. The molecule has 0 bridgehead atoms. The number of epoxide rings is 1. The van der Waals surface area contributed by atoms with E-state index in [1.54, 1.807) is 0 Å². The summed E-state index contributed by atoms with van der Waals surface area (Å²) in [5.74, 6) is -0.177. The highest BCUT2D eigenvalue weighted by Crippen LogP contribution is 2.50. The maximum absolute atomic E-state index is 13.2. The third kappa shape index (κ3) is 5.04. The molecular weight excluding hydrogens is 328 g/mol.